The van der Waals surface area contributed by atoms with E-state index in [0.29, 0.717) is 18.9 Å². The molecule has 0 radical (unpaired) electrons. The van der Waals surface area contributed by atoms with Gasteiger partial charge in [0.25, 0.3) is 0 Å². The second kappa shape index (κ2) is 7.25. The molecule has 0 aromatic rings. The molecule has 1 amide bonds. The van der Waals surface area contributed by atoms with Crippen LogP contribution in [0.2, 0.25) is 0 Å². The van der Waals surface area contributed by atoms with Gasteiger partial charge in [-0.05, 0) is 37.1 Å². The van der Waals surface area contributed by atoms with Crippen LogP contribution in [-0.2, 0) is 9.59 Å². The molecule has 1 aliphatic heterocycles. The maximum absolute atomic E-state index is 12.5. The predicted octanol–water partition coefficient (Wildman–Crippen LogP) is 2.02. The second-order valence-corrected chi connectivity index (χ2v) is 7.30. The zero-order valence-corrected chi connectivity index (χ0v) is 13.8. The van der Waals surface area contributed by atoms with Crippen molar-refractivity contribution in [1.82, 2.24) is 10.6 Å². The first-order chi connectivity index (χ1) is 9.69. The van der Waals surface area contributed by atoms with Gasteiger partial charge in [-0.1, -0.05) is 27.7 Å². The summed E-state index contributed by atoms with van der Waals surface area (Å²) in [7, 11) is 0. The van der Waals surface area contributed by atoms with Gasteiger partial charge in [0.2, 0.25) is 5.91 Å². The molecule has 122 valence electrons. The lowest BCUT2D eigenvalue weighted by atomic mass is 9.75. The summed E-state index contributed by atoms with van der Waals surface area (Å²) in [6.45, 7) is 10.6. The minimum absolute atomic E-state index is 0.0649. The molecular weight excluding hydrogens is 268 g/mol. The van der Waals surface area contributed by atoms with E-state index in [9.17, 15) is 9.59 Å². The lowest BCUT2D eigenvalue weighted by Crippen LogP contribution is -2.46. The molecule has 1 atom stereocenters. The highest BCUT2D eigenvalue weighted by Gasteiger charge is 2.43. The van der Waals surface area contributed by atoms with Crippen molar-refractivity contribution in [3.05, 3.63) is 0 Å². The Bertz CT molecular complexity index is 372. The monoisotopic (exact) mass is 298 g/mol. The third kappa shape index (κ3) is 4.99. The number of carboxylic acids is 1. The van der Waals surface area contributed by atoms with Crippen LogP contribution in [0.15, 0.2) is 0 Å². The topological polar surface area (TPSA) is 78.4 Å². The summed E-state index contributed by atoms with van der Waals surface area (Å²) < 4.78 is 0. The van der Waals surface area contributed by atoms with E-state index < -0.39 is 5.97 Å². The maximum Gasteiger partial charge on any atom is 0.303 e. The molecule has 1 saturated heterocycles. The van der Waals surface area contributed by atoms with Gasteiger partial charge in [-0.25, -0.2) is 0 Å². The molecule has 5 nitrogen and oxygen atoms in total. The minimum Gasteiger partial charge on any atom is -0.481 e. The third-order valence-electron chi connectivity index (χ3n) is 4.85. The van der Waals surface area contributed by atoms with E-state index in [1.807, 2.05) is 0 Å². The van der Waals surface area contributed by atoms with Crippen LogP contribution >= 0.6 is 0 Å². The van der Waals surface area contributed by atoms with Crippen LogP contribution in [-0.4, -0.2) is 36.6 Å². The zero-order valence-electron chi connectivity index (χ0n) is 13.8. The maximum atomic E-state index is 12.5. The molecule has 0 aromatic heterocycles. The summed E-state index contributed by atoms with van der Waals surface area (Å²) in [5, 5.41) is 15.1. The number of amides is 1. The smallest absolute Gasteiger partial charge is 0.303 e. The van der Waals surface area contributed by atoms with Crippen molar-refractivity contribution in [2.24, 2.45) is 16.7 Å². The normalized spacial score (nSPS) is 22.5. The average molecular weight is 298 g/mol. The van der Waals surface area contributed by atoms with Crippen molar-refractivity contribution in [3.63, 3.8) is 0 Å². The average Bonchev–Trinajstić information content (AvgIpc) is 2.87. The molecule has 0 bridgehead atoms. The molecular formula is C16H30N2O3. The highest BCUT2D eigenvalue weighted by atomic mass is 16.4. The van der Waals surface area contributed by atoms with E-state index in [1.165, 1.54) is 0 Å². The van der Waals surface area contributed by atoms with E-state index in [0.717, 1.165) is 25.9 Å². The molecule has 21 heavy (non-hydrogen) atoms. The largest absolute Gasteiger partial charge is 0.481 e. The first-order valence-corrected chi connectivity index (χ1v) is 7.90. The number of hydrogen-bond acceptors (Lipinski definition) is 3. The molecule has 0 aliphatic carbocycles. The highest BCUT2D eigenvalue weighted by Crippen LogP contribution is 2.34. The van der Waals surface area contributed by atoms with Crippen molar-refractivity contribution in [2.75, 3.05) is 19.6 Å². The van der Waals surface area contributed by atoms with Crippen molar-refractivity contribution < 1.29 is 14.7 Å². The number of aliphatic carboxylic acids is 1. The summed E-state index contributed by atoms with van der Waals surface area (Å²) in [5.74, 6) is -0.313. The molecule has 1 rings (SSSR count). The van der Waals surface area contributed by atoms with Gasteiger partial charge in [0.05, 0.1) is 5.41 Å². The first-order valence-electron chi connectivity index (χ1n) is 7.90. The van der Waals surface area contributed by atoms with Crippen molar-refractivity contribution >= 4 is 11.9 Å². The Hall–Kier alpha value is -1.10. The molecule has 1 unspecified atom stereocenters. The number of nitrogens with one attached hydrogen (secondary N) is 2. The predicted molar refractivity (Wildman–Crippen MR) is 83.0 cm³/mol. The van der Waals surface area contributed by atoms with Gasteiger partial charge in [0, 0.05) is 19.5 Å². The molecule has 1 aliphatic rings. The zero-order chi connectivity index (χ0) is 16.1. The molecule has 1 heterocycles. The summed E-state index contributed by atoms with van der Waals surface area (Å²) >= 11 is 0. The van der Waals surface area contributed by atoms with Crippen LogP contribution in [0.5, 0.6) is 0 Å². The van der Waals surface area contributed by atoms with Gasteiger partial charge in [0.1, 0.15) is 0 Å². The van der Waals surface area contributed by atoms with Gasteiger partial charge in [-0.15, -0.1) is 0 Å². The van der Waals surface area contributed by atoms with Crippen LogP contribution in [0.4, 0.5) is 0 Å². The SMILES string of the molecule is CC(C)C1(C(=O)NCCC(C)(C)CCC(=O)O)CCNC1. The summed E-state index contributed by atoms with van der Waals surface area (Å²) in [4.78, 5) is 23.2. The van der Waals surface area contributed by atoms with Gasteiger partial charge in [-0.2, -0.15) is 0 Å². The Kier molecular flexibility index (Phi) is 6.20. The van der Waals surface area contributed by atoms with Gasteiger partial charge in [-0.3, -0.25) is 9.59 Å². The van der Waals surface area contributed by atoms with Crippen LogP contribution in [0.1, 0.15) is 53.4 Å². The van der Waals surface area contributed by atoms with Crippen molar-refractivity contribution in [1.29, 1.82) is 0 Å². The second-order valence-electron chi connectivity index (χ2n) is 7.30. The fourth-order valence-electron chi connectivity index (χ4n) is 2.92. The molecule has 0 aromatic carbocycles. The lowest BCUT2D eigenvalue weighted by Gasteiger charge is -2.32. The van der Waals surface area contributed by atoms with E-state index in [4.69, 9.17) is 5.11 Å². The van der Waals surface area contributed by atoms with Crippen LogP contribution < -0.4 is 10.6 Å². The summed E-state index contributed by atoms with van der Waals surface area (Å²) in [6.07, 6.45) is 2.50. The Labute approximate surface area is 127 Å². The highest BCUT2D eigenvalue weighted by molar-refractivity contribution is 5.83. The molecule has 3 N–H and O–H groups in total. The third-order valence-corrected chi connectivity index (χ3v) is 4.85. The molecule has 1 fully saturated rings. The first kappa shape index (κ1) is 18.0. The van der Waals surface area contributed by atoms with E-state index in [1.54, 1.807) is 0 Å². The minimum atomic E-state index is -0.761. The van der Waals surface area contributed by atoms with E-state index in [-0.39, 0.29) is 23.2 Å². The van der Waals surface area contributed by atoms with Gasteiger partial charge in [0.15, 0.2) is 0 Å². The Morgan fingerprint density at radius 1 is 1.33 bits per heavy atom. The Balaban J connectivity index is 2.44. The standard InChI is InChI=1S/C16H30N2O3/c1-12(2)16(8-9-17-11-16)14(21)18-10-7-15(3,4)6-5-13(19)20/h12,17H,5-11H2,1-4H3,(H,18,21)(H,19,20). The quantitative estimate of drug-likeness (QED) is 0.640. The molecule has 0 saturated carbocycles. The van der Waals surface area contributed by atoms with Crippen LogP contribution in [0, 0.1) is 16.7 Å². The number of carbonyl (C=O) groups excluding carboxylic acids is 1. The van der Waals surface area contributed by atoms with Crippen LogP contribution in [0.25, 0.3) is 0 Å². The molecule has 0 spiro atoms. The fraction of sp³-hybridized carbons (Fsp3) is 0.875. The Morgan fingerprint density at radius 3 is 2.48 bits per heavy atom. The fourth-order valence-corrected chi connectivity index (χ4v) is 2.92. The van der Waals surface area contributed by atoms with Crippen molar-refractivity contribution in [2.45, 2.75) is 53.4 Å². The van der Waals surface area contributed by atoms with Crippen LogP contribution in [0.3, 0.4) is 0 Å². The number of rotatable bonds is 8. The number of hydrogen-bond donors (Lipinski definition) is 3. The van der Waals surface area contributed by atoms with E-state index >= 15 is 0 Å². The Morgan fingerprint density at radius 2 is 2.00 bits per heavy atom. The van der Waals surface area contributed by atoms with E-state index in [2.05, 4.69) is 38.3 Å². The van der Waals surface area contributed by atoms with Gasteiger partial charge >= 0.3 is 5.97 Å². The van der Waals surface area contributed by atoms with Crippen molar-refractivity contribution in [3.8, 4) is 0 Å². The molecule has 5 heteroatoms. The lowest BCUT2D eigenvalue weighted by molar-refractivity contribution is -0.138. The summed E-state index contributed by atoms with van der Waals surface area (Å²) in [5.41, 5.74) is -0.351. The summed E-state index contributed by atoms with van der Waals surface area (Å²) in [6, 6.07) is 0. The number of carbonyl (C=O) groups is 2. The van der Waals surface area contributed by atoms with Gasteiger partial charge < -0.3 is 15.7 Å². The number of carboxylic acid groups (broad SMARTS) is 1.